The summed E-state index contributed by atoms with van der Waals surface area (Å²) in [6.45, 7) is 7.90. The van der Waals surface area contributed by atoms with Crippen LogP contribution < -0.4 is 5.32 Å². The highest BCUT2D eigenvalue weighted by Gasteiger charge is 2.37. The van der Waals surface area contributed by atoms with E-state index in [2.05, 4.69) is 38.2 Å². The minimum atomic E-state index is 0.267. The van der Waals surface area contributed by atoms with Crippen LogP contribution in [0.15, 0.2) is 16.5 Å². The van der Waals surface area contributed by atoms with Gasteiger partial charge >= 0.3 is 0 Å². The van der Waals surface area contributed by atoms with Crippen molar-refractivity contribution in [2.24, 2.45) is 5.92 Å². The molecule has 0 bridgehead atoms. The van der Waals surface area contributed by atoms with Crippen molar-refractivity contribution in [1.82, 2.24) is 5.32 Å². The SMILES string of the molecule is CCc1ccc(CC2(C(C)C)CCCN2)o1. The van der Waals surface area contributed by atoms with Gasteiger partial charge in [0.05, 0.1) is 0 Å². The topological polar surface area (TPSA) is 25.2 Å². The Morgan fingerprint density at radius 1 is 1.38 bits per heavy atom. The Bertz CT molecular complexity index is 334. The first-order valence-electron chi connectivity index (χ1n) is 6.49. The van der Waals surface area contributed by atoms with Gasteiger partial charge in [-0.3, -0.25) is 0 Å². The van der Waals surface area contributed by atoms with Gasteiger partial charge in [-0.25, -0.2) is 0 Å². The lowest BCUT2D eigenvalue weighted by atomic mass is 9.81. The first-order chi connectivity index (χ1) is 7.66. The maximum absolute atomic E-state index is 5.83. The number of hydrogen-bond acceptors (Lipinski definition) is 2. The highest BCUT2D eigenvalue weighted by atomic mass is 16.3. The third-order valence-electron chi connectivity index (χ3n) is 3.94. The largest absolute Gasteiger partial charge is 0.466 e. The Kier molecular flexibility index (Phi) is 3.38. The molecule has 1 atom stereocenters. The summed E-state index contributed by atoms with van der Waals surface area (Å²) in [5.41, 5.74) is 0.267. The van der Waals surface area contributed by atoms with Crippen molar-refractivity contribution in [3.63, 3.8) is 0 Å². The summed E-state index contributed by atoms with van der Waals surface area (Å²) in [5, 5.41) is 3.69. The van der Waals surface area contributed by atoms with Crippen molar-refractivity contribution in [3.05, 3.63) is 23.7 Å². The van der Waals surface area contributed by atoms with E-state index in [1.165, 1.54) is 12.8 Å². The van der Waals surface area contributed by atoms with Crippen molar-refractivity contribution in [2.45, 2.75) is 52.0 Å². The van der Waals surface area contributed by atoms with Crippen LogP contribution in [0.2, 0.25) is 0 Å². The molecule has 0 amide bonds. The Morgan fingerprint density at radius 2 is 2.12 bits per heavy atom. The van der Waals surface area contributed by atoms with E-state index < -0.39 is 0 Å². The van der Waals surface area contributed by atoms with Gasteiger partial charge in [-0.05, 0) is 37.4 Å². The number of rotatable bonds is 4. The normalized spacial score (nSPS) is 25.5. The predicted octanol–water partition coefficient (Wildman–Crippen LogP) is 3.16. The van der Waals surface area contributed by atoms with Crippen molar-refractivity contribution < 1.29 is 4.42 Å². The minimum absolute atomic E-state index is 0.267. The number of furan rings is 1. The average molecular weight is 221 g/mol. The standard InChI is InChI=1S/C14H23NO/c1-4-12-6-7-13(16-12)10-14(11(2)3)8-5-9-15-14/h6-7,11,15H,4-5,8-10H2,1-3H3. The second kappa shape index (κ2) is 4.62. The molecule has 1 saturated heterocycles. The molecule has 0 saturated carbocycles. The van der Waals surface area contributed by atoms with E-state index >= 15 is 0 Å². The molecule has 1 aliphatic heterocycles. The molecule has 0 spiro atoms. The quantitative estimate of drug-likeness (QED) is 0.845. The van der Waals surface area contributed by atoms with E-state index in [1.54, 1.807) is 0 Å². The van der Waals surface area contributed by atoms with Gasteiger partial charge in [0, 0.05) is 18.4 Å². The third-order valence-corrected chi connectivity index (χ3v) is 3.94. The highest BCUT2D eigenvalue weighted by molar-refractivity contribution is 5.12. The smallest absolute Gasteiger partial charge is 0.106 e. The average Bonchev–Trinajstić information content (AvgIpc) is 2.88. The highest BCUT2D eigenvalue weighted by Crippen LogP contribution is 2.31. The molecule has 1 fully saturated rings. The molecule has 0 radical (unpaired) electrons. The Morgan fingerprint density at radius 3 is 2.62 bits per heavy atom. The predicted molar refractivity (Wildman–Crippen MR) is 66.6 cm³/mol. The summed E-state index contributed by atoms with van der Waals surface area (Å²) >= 11 is 0. The molecular weight excluding hydrogens is 198 g/mol. The lowest BCUT2D eigenvalue weighted by Gasteiger charge is -2.33. The summed E-state index contributed by atoms with van der Waals surface area (Å²) in [5.74, 6) is 2.90. The summed E-state index contributed by atoms with van der Waals surface area (Å²) < 4.78 is 5.83. The first kappa shape index (κ1) is 11.7. The van der Waals surface area contributed by atoms with E-state index in [4.69, 9.17) is 4.42 Å². The monoisotopic (exact) mass is 221 g/mol. The van der Waals surface area contributed by atoms with E-state index in [1.807, 2.05) is 0 Å². The van der Waals surface area contributed by atoms with Gasteiger partial charge in [-0.2, -0.15) is 0 Å². The second-order valence-corrected chi connectivity index (χ2v) is 5.24. The summed E-state index contributed by atoms with van der Waals surface area (Å²) in [6.07, 6.45) is 4.58. The zero-order chi connectivity index (χ0) is 11.6. The molecule has 2 rings (SSSR count). The Hall–Kier alpha value is -0.760. The fraction of sp³-hybridized carbons (Fsp3) is 0.714. The number of aryl methyl sites for hydroxylation is 1. The lowest BCUT2D eigenvalue weighted by molar-refractivity contribution is 0.251. The molecule has 0 aliphatic carbocycles. The minimum Gasteiger partial charge on any atom is -0.466 e. The molecule has 1 unspecified atom stereocenters. The van der Waals surface area contributed by atoms with Crippen LogP contribution in [0.25, 0.3) is 0 Å². The van der Waals surface area contributed by atoms with Crippen LogP contribution >= 0.6 is 0 Å². The van der Waals surface area contributed by atoms with E-state index in [0.717, 1.165) is 30.9 Å². The van der Waals surface area contributed by atoms with Gasteiger partial charge in [0.1, 0.15) is 11.5 Å². The molecule has 16 heavy (non-hydrogen) atoms. The third kappa shape index (κ3) is 2.17. The second-order valence-electron chi connectivity index (χ2n) is 5.24. The van der Waals surface area contributed by atoms with Crippen molar-refractivity contribution in [2.75, 3.05) is 6.54 Å². The fourth-order valence-electron chi connectivity index (χ4n) is 2.70. The number of hydrogen-bond donors (Lipinski definition) is 1. The molecule has 2 heterocycles. The summed E-state index contributed by atoms with van der Waals surface area (Å²) in [7, 11) is 0. The van der Waals surface area contributed by atoms with E-state index in [9.17, 15) is 0 Å². The van der Waals surface area contributed by atoms with Crippen LogP contribution in [0.1, 0.15) is 45.1 Å². The molecule has 1 aliphatic rings. The van der Waals surface area contributed by atoms with E-state index in [-0.39, 0.29) is 5.54 Å². The molecular formula is C14H23NO. The van der Waals surface area contributed by atoms with Crippen molar-refractivity contribution in [3.8, 4) is 0 Å². The molecule has 2 nitrogen and oxygen atoms in total. The van der Waals surface area contributed by atoms with Crippen molar-refractivity contribution in [1.29, 1.82) is 0 Å². The van der Waals surface area contributed by atoms with Gasteiger partial charge < -0.3 is 9.73 Å². The van der Waals surface area contributed by atoms with Gasteiger partial charge in [0.2, 0.25) is 0 Å². The fourth-order valence-corrected chi connectivity index (χ4v) is 2.70. The van der Waals surface area contributed by atoms with Crippen LogP contribution in [0, 0.1) is 5.92 Å². The summed E-state index contributed by atoms with van der Waals surface area (Å²) in [4.78, 5) is 0. The van der Waals surface area contributed by atoms with Crippen LogP contribution in [-0.2, 0) is 12.8 Å². The molecule has 0 aromatic carbocycles. The Balaban J connectivity index is 2.11. The molecule has 1 N–H and O–H groups in total. The maximum Gasteiger partial charge on any atom is 0.106 e. The molecule has 1 aromatic heterocycles. The van der Waals surface area contributed by atoms with Crippen molar-refractivity contribution >= 4 is 0 Å². The maximum atomic E-state index is 5.83. The summed E-state index contributed by atoms with van der Waals surface area (Å²) in [6, 6.07) is 4.25. The zero-order valence-electron chi connectivity index (χ0n) is 10.7. The van der Waals surface area contributed by atoms with Crippen LogP contribution in [-0.4, -0.2) is 12.1 Å². The lowest BCUT2D eigenvalue weighted by Crippen LogP contribution is -2.46. The van der Waals surface area contributed by atoms with Gasteiger partial charge in [-0.15, -0.1) is 0 Å². The molecule has 1 aromatic rings. The molecule has 2 heteroatoms. The van der Waals surface area contributed by atoms with Crippen LogP contribution in [0.4, 0.5) is 0 Å². The van der Waals surface area contributed by atoms with Crippen LogP contribution in [0.3, 0.4) is 0 Å². The Labute approximate surface area is 98.4 Å². The van der Waals surface area contributed by atoms with E-state index in [0.29, 0.717) is 5.92 Å². The zero-order valence-corrected chi connectivity index (χ0v) is 10.7. The molecule has 90 valence electrons. The van der Waals surface area contributed by atoms with Gasteiger partial charge in [0.15, 0.2) is 0 Å². The first-order valence-corrected chi connectivity index (χ1v) is 6.49. The number of nitrogens with one attached hydrogen (secondary N) is 1. The van der Waals surface area contributed by atoms with Gasteiger partial charge in [0.25, 0.3) is 0 Å². The van der Waals surface area contributed by atoms with Gasteiger partial charge in [-0.1, -0.05) is 20.8 Å². The van der Waals surface area contributed by atoms with Crippen LogP contribution in [0.5, 0.6) is 0 Å².